The Balaban J connectivity index is 2.51. The molecule has 1 aromatic carbocycles. The fourth-order valence-electron chi connectivity index (χ4n) is 1.84. The lowest BCUT2D eigenvalue weighted by atomic mass is 10.1. The van der Waals surface area contributed by atoms with Crippen LogP contribution in [0.4, 0.5) is 11.8 Å². The third-order valence-corrected chi connectivity index (χ3v) is 2.72. The van der Waals surface area contributed by atoms with Gasteiger partial charge in [0.25, 0.3) is 0 Å². The number of aromatic nitrogens is 2. The molecule has 0 aliphatic carbocycles. The summed E-state index contributed by atoms with van der Waals surface area (Å²) in [5.41, 5.74) is 6.93. The lowest BCUT2D eigenvalue weighted by Crippen LogP contribution is -2.07. The average Bonchev–Trinajstić information content (AvgIpc) is 2.37. The second-order valence-electron chi connectivity index (χ2n) is 4.07. The predicted octanol–water partition coefficient (Wildman–Crippen LogP) is 2.24. The number of aldehydes is 1. The van der Waals surface area contributed by atoms with Crippen molar-refractivity contribution in [3.63, 3.8) is 0 Å². The second-order valence-corrected chi connectivity index (χ2v) is 4.07. The molecule has 1 heterocycles. The molecule has 0 bridgehead atoms. The minimum atomic E-state index is 0.213. The van der Waals surface area contributed by atoms with E-state index in [-0.39, 0.29) is 5.95 Å². The molecule has 5 heteroatoms. The van der Waals surface area contributed by atoms with E-state index in [9.17, 15) is 4.79 Å². The summed E-state index contributed by atoms with van der Waals surface area (Å²) in [6.45, 7) is 2.92. The predicted molar refractivity (Wildman–Crippen MR) is 72.7 cm³/mol. The number of rotatable bonds is 5. The number of unbranched alkanes of at least 4 members (excludes halogenated alkanes) is 1. The van der Waals surface area contributed by atoms with E-state index in [2.05, 4.69) is 22.2 Å². The van der Waals surface area contributed by atoms with Crippen molar-refractivity contribution in [3.8, 4) is 0 Å². The van der Waals surface area contributed by atoms with Crippen molar-refractivity contribution < 1.29 is 4.79 Å². The largest absolute Gasteiger partial charge is 0.369 e. The van der Waals surface area contributed by atoms with Crippen molar-refractivity contribution in [1.82, 2.24) is 9.97 Å². The van der Waals surface area contributed by atoms with Crippen molar-refractivity contribution in [2.24, 2.45) is 0 Å². The van der Waals surface area contributed by atoms with E-state index < -0.39 is 0 Å². The Kier molecular flexibility index (Phi) is 3.72. The van der Waals surface area contributed by atoms with Gasteiger partial charge in [0.05, 0.1) is 10.9 Å². The van der Waals surface area contributed by atoms with Gasteiger partial charge in [0.2, 0.25) is 5.95 Å². The van der Waals surface area contributed by atoms with Gasteiger partial charge in [0.1, 0.15) is 5.82 Å². The fourth-order valence-corrected chi connectivity index (χ4v) is 1.84. The molecule has 3 N–H and O–H groups in total. The molecule has 0 fully saturated rings. The summed E-state index contributed by atoms with van der Waals surface area (Å²) in [4.78, 5) is 19.4. The van der Waals surface area contributed by atoms with Crippen LogP contribution in [0.2, 0.25) is 0 Å². The maximum atomic E-state index is 11.1. The normalized spacial score (nSPS) is 10.5. The first-order valence-corrected chi connectivity index (χ1v) is 6.01. The van der Waals surface area contributed by atoms with E-state index in [0.29, 0.717) is 16.9 Å². The van der Waals surface area contributed by atoms with Crippen LogP contribution in [0.15, 0.2) is 18.2 Å². The first-order valence-electron chi connectivity index (χ1n) is 6.01. The summed E-state index contributed by atoms with van der Waals surface area (Å²) in [7, 11) is 0. The molecule has 0 aliphatic rings. The Bertz CT molecular complexity index is 568. The summed E-state index contributed by atoms with van der Waals surface area (Å²) < 4.78 is 0. The summed E-state index contributed by atoms with van der Waals surface area (Å²) in [6, 6.07) is 5.36. The van der Waals surface area contributed by atoms with Gasteiger partial charge in [0, 0.05) is 12.1 Å². The molecule has 0 spiro atoms. The minimum Gasteiger partial charge on any atom is -0.369 e. The van der Waals surface area contributed by atoms with Gasteiger partial charge in [-0.1, -0.05) is 25.5 Å². The number of fused-ring (bicyclic) bond motifs is 1. The molecule has 0 unspecified atom stereocenters. The SMILES string of the molecule is CCCCNc1nc(N)nc2cccc(C=O)c12. The van der Waals surface area contributed by atoms with E-state index >= 15 is 0 Å². The molecule has 94 valence electrons. The van der Waals surface area contributed by atoms with Crippen LogP contribution in [0.5, 0.6) is 0 Å². The molecular weight excluding hydrogens is 228 g/mol. The van der Waals surface area contributed by atoms with Crippen LogP contribution in [-0.2, 0) is 0 Å². The first-order chi connectivity index (χ1) is 8.76. The zero-order valence-electron chi connectivity index (χ0n) is 10.3. The molecule has 2 aromatic rings. The average molecular weight is 244 g/mol. The third-order valence-electron chi connectivity index (χ3n) is 2.72. The number of carbonyl (C=O) groups is 1. The Morgan fingerprint density at radius 2 is 2.22 bits per heavy atom. The summed E-state index contributed by atoms with van der Waals surface area (Å²) >= 11 is 0. The fraction of sp³-hybridized carbons (Fsp3) is 0.308. The number of benzene rings is 1. The molecule has 0 radical (unpaired) electrons. The van der Waals surface area contributed by atoms with Crippen LogP contribution >= 0.6 is 0 Å². The van der Waals surface area contributed by atoms with Crippen molar-refractivity contribution in [1.29, 1.82) is 0 Å². The zero-order chi connectivity index (χ0) is 13.0. The number of anilines is 2. The van der Waals surface area contributed by atoms with E-state index in [1.807, 2.05) is 6.07 Å². The van der Waals surface area contributed by atoms with Crippen LogP contribution < -0.4 is 11.1 Å². The van der Waals surface area contributed by atoms with Gasteiger partial charge in [-0.2, -0.15) is 4.98 Å². The van der Waals surface area contributed by atoms with Crippen LogP contribution in [0, 0.1) is 0 Å². The van der Waals surface area contributed by atoms with Gasteiger partial charge in [-0.3, -0.25) is 4.79 Å². The van der Waals surface area contributed by atoms with Crippen LogP contribution in [0.25, 0.3) is 10.9 Å². The first kappa shape index (κ1) is 12.3. The number of hydrogen-bond acceptors (Lipinski definition) is 5. The molecule has 0 amide bonds. The zero-order valence-corrected chi connectivity index (χ0v) is 10.3. The van der Waals surface area contributed by atoms with Crippen molar-refractivity contribution >= 4 is 29.0 Å². The molecule has 18 heavy (non-hydrogen) atoms. The summed E-state index contributed by atoms with van der Waals surface area (Å²) in [6.07, 6.45) is 2.94. The van der Waals surface area contributed by atoms with E-state index in [1.165, 1.54) is 0 Å². The van der Waals surface area contributed by atoms with Gasteiger partial charge in [-0.05, 0) is 12.5 Å². The monoisotopic (exact) mass is 244 g/mol. The number of carbonyl (C=O) groups excluding carboxylic acids is 1. The van der Waals surface area contributed by atoms with Crippen molar-refractivity contribution in [2.45, 2.75) is 19.8 Å². The molecule has 0 saturated heterocycles. The molecule has 1 aromatic heterocycles. The Hall–Kier alpha value is -2.17. The number of nitrogens with zero attached hydrogens (tertiary/aromatic N) is 2. The molecule has 2 rings (SSSR count). The van der Waals surface area contributed by atoms with Crippen molar-refractivity contribution in [3.05, 3.63) is 23.8 Å². The highest BCUT2D eigenvalue weighted by molar-refractivity contribution is 6.02. The smallest absolute Gasteiger partial charge is 0.222 e. The second kappa shape index (κ2) is 5.44. The topological polar surface area (TPSA) is 80.9 Å². The lowest BCUT2D eigenvalue weighted by molar-refractivity contribution is 0.112. The molecule has 0 atom stereocenters. The molecule has 0 aliphatic heterocycles. The third kappa shape index (κ3) is 2.40. The highest BCUT2D eigenvalue weighted by atomic mass is 16.1. The highest BCUT2D eigenvalue weighted by Crippen LogP contribution is 2.24. The summed E-state index contributed by atoms with van der Waals surface area (Å²) in [5, 5.41) is 3.95. The van der Waals surface area contributed by atoms with E-state index in [0.717, 1.165) is 31.1 Å². The number of hydrogen-bond donors (Lipinski definition) is 2. The van der Waals surface area contributed by atoms with Gasteiger partial charge >= 0.3 is 0 Å². The van der Waals surface area contributed by atoms with Gasteiger partial charge in [-0.15, -0.1) is 0 Å². The highest BCUT2D eigenvalue weighted by Gasteiger charge is 2.09. The van der Waals surface area contributed by atoms with Crippen LogP contribution in [0.3, 0.4) is 0 Å². The van der Waals surface area contributed by atoms with Crippen LogP contribution in [0.1, 0.15) is 30.1 Å². The van der Waals surface area contributed by atoms with Crippen LogP contribution in [-0.4, -0.2) is 22.8 Å². The maximum absolute atomic E-state index is 11.1. The molecule has 5 nitrogen and oxygen atoms in total. The van der Waals surface area contributed by atoms with Gasteiger partial charge in [0.15, 0.2) is 6.29 Å². The Morgan fingerprint density at radius 1 is 1.39 bits per heavy atom. The number of nitrogens with two attached hydrogens (primary N) is 1. The van der Waals surface area contributed by atoms with E-state index in [4.69, 9.17) is 5.73 Å². The van der Waals surface area contributed by atoms with Crippen molar-refractivity contribution in [2.75, 3.05) is 17.6 Å². The Morgan fingerprint density at radius 3 is 2.94 bits per heavy atom. The van der Waals surface area contributed by atoms with Gasteiger partial charge in [-0.25, -0.2) is 4.98 Å². The number of nitrogen functional groups attached to an aromatic ring is 1. The molecular formula is C13H16N4O. The lowest BCUT2D eigenvalue weighted by Gasteiger charge is -2.10. The maximum Gasteiger partial charge on any atom is 0.222 e. The van der Waals surface area contributed by atoms with E-state index in [1.54, 1.807) is 12.1 Å². The Labute approximate surface area is 105 Å². The minimum absolute atomic E-state index is 0.213. The standard InChI is InChI=1S/C13H16N4O/c1-2-3-7-15-12-11-9(8-18)5-4-6-10(11)16-13(14)17-12/h4-6,8H,2-3,7H2,1H3,(H3,14,15,16,17). The molecule has 0 saturated carbocycles. The van der Waals surface area contributed by atoms with Gasteiger partial charge < -0.3 is 11.1 Å². The number of nitrogens with one attached hydrogen (secondary N) is 1. The quantitative estimate of drug-likeness (QED) is 0.622. The summed E-state index contributed by atoms with van der Waals surface area (Å²) in [5.74, 6) is 0.846.